The fourth-order valence-corrected chi connectivity index (χ4v) is 4.65. The van der Waals surface area contributed by atoms with Crippen LogP contribution >= 0.6 is 23.2 Å². The number of imide groups is 1. The standard InChI is InChI=1S/C25H31Cl2N3O4/c1-15(22(32)28-25(2,3)4)30(14-16-9-10-19(26)20(27)13-16)21(31)11-12-29-23(33)17-7-5-6-8-18(17)24(29)34/h5-6,9-10,13,15,17-18H,7-8,11-12,14H2,1-4H3,(H,28,32)/t15-,17-,18+/m1/s1. The molecule has 1 saturated heterocycles. The molecule has 1 heterocycles. The number of allylic oxidation sites excluding steroid dienone is 2. The van der Waals surface area contributed by atoms with E-state index in [4.69, 9.17) is 23.2 Å². The lowest BCUT2D eigenvalue weighted by molar-refractivity contribution is -0.144. The van der Waals surface area contributed by atoms with E-state index in [0.29, 0.717) is 28.5 Å². The first kappa shape index (κ1) is 26.2. The van der Waals surface area contributed by atoms with E-state index in [1.165, 1.54) is 9.80 Å². The predicted molar refractivity (Wildman–Crippen MR) is 131 cm³/mol. The minimum absolute atomic E-state index is 0.00498. The lowest BCUT2D eigenvalue weighted by atomic mass is 9.85. The van der Waals surface area contributed by atoms with Crippen LogP contribution in [0.5, 0.6) is 0 Å². The van der Waals surface area contributed by atoms with Crippen LogP contribution in [0, 0.1) is 11.8 Å². The van der Waals surface area contributed by atoms with Gasteiger partial charge in [0.15, 0.2) is 0 Å². The Morgan fingerprint density at radius 2 is 1.68 bits per heavy atom. The van der Waals surface area contributed by atoms with Gasteiger partial charge in [0.25, 0.3) is 0 Å². The molecule has 0 spiro atoms. The van der Waals surface area contributed by atoms with Crippen LogP contribution in [0.2, 0.25) is 10.0 Å². The summed E-state index contributed by atoms with van der Waals surface area (Å²) in [5.41, 5.74) is 0.242. The number of nitrogens with zero attached hydrogens (tertiary/aromatic N) is 2. The van der Waals surface area contributed by atoms with Crippen molar-refractivity contribution in [2.24, 2.45) is 11.8 Å². The molecular formula is C25H31Cl2N3O4. The Hall–Kier alpha value is -2.38. The summed E-state index contributed by atoms with van der Waals surface area (Å²) < 4.78 is 0. The van der Waals surface area contributed by atoms with E-state index in [2.05, 4.69) is 5.32 Å². The van der Waals surface area contributed by atoms with Crippen molar-refractivity contribution in [3.05, 3.63) is 46.0 Å². The Morgan fingerprint density at radius 1 is 1.09 bits per heavy atom. The highest BCUT2D eigenvalue weighted by Crippen LogP contribution is 2.35. The number of likely N-dealkylation sites (tertiary alicyclic amines) is 1. The maximum absolute atomic E-state index is 13.3. The zero-order chi connectivity index (χ0) is 25.2. The van der Waals surface area contributed by atoms with Crippen LogP contribution in [0.15, 0.2) is 30.4 Å². The highest BCUT2D eigenvalue weighted by Gasteiger charge is 2.47. The minimum Gasteiger partial charge on any atom is -0.350 e. The summed E-state index contributed by atoms with van der Waals surface area (Å²) in [6, 6.07) is 4.26. The van der Waals surface area contributed by atoms with Crippen molar-refractivity contribution in [1.29, 1.82) is 0 Å². The molecule has 0 unspecified atom stereocenters. The third kappa shape index (κ3) is 5.99. The van der Waals surface area contributed by atoms with Gasteiger partial charge in [-0.15, -0.1) is 0 Å². The highest BCUT2D eigenvalue weighted by molar-refractivity contribution is 6.42. The van der Waals surface area contributed by atoms with Gasteiger partial charge in [0.2, 0.25) is 23.6 Å². The Morgan fingerprint density at radius 3 is 2.21 bits per heavy atom. The molecule has 184 valence electrons. The molecule has 1 aromatic rings. The van der Waals surface area contributed by atoms with Gasteiger partial charge in [-0.2, -0.15) is 0 Å². The van der Waals surface area contributed by atoms with Crippen LogP contribution in [0.3, 0.4) is 0 Å². The average Bonchev–Trinajstić information content (AvgIpc) is 3.01. The van der Waals surface area contributed by atoms with Crippen molar-refractivity contribution >= 4 is 46.8 Å². The summed E-state index contributed by atoms with van der Waals surface area (Å²) in [6.07, 6.45) is 4.88. The van der Waals surface area contributed by atoms with E-state index in [1.54, 1.807) is 25.1 Å². The number of carbonyl (C=O) groups excluding carboxylic acids is 4. The molecule has 0 bridgehead atoms. The molecule has 9 heteroatoms. The molecule has 34 heavy (non-hydrogen) atoms. The van der Waals surface area contributed by atoms with Crippen molar-refractivity contribution in [2.75, 3.05) is 6.54 Å². The fourth-order valence-electron chi connectivity index (χ4n) is 4.33. The molecule has 0 radical (unpaired) electrons. The summed E-state index contributed by atoms with van der Waals surface area (Å²) in [5.74, 6) is -1.75. The summed E-state index contributed by atoms with van der Waals surface area (Å²) in [5, 5.41) is 3.64. The second-order valence-electron chi connectivity index (χ2n) is 9.92. The van der Waals surface area contributed by atoms with Crippen molar-refractivity contribution in [2.45, 2.75) is 65.1 Å². The number of halogens is 2. The molecular weight excluding hydrogens is 477 g/mol. The van der Waals surface area contributed by atoms with E-state index < -0.39 is 11.6 Å². The van der Waals surface area contributed by atoms with Crippen LogP contribution in [0.25, 0.3) is 0 Å². The van der Waals surface area contributed by atoms with E-state index in [-0.39, 0.29) is 55.0 Å². The van der Waals surface area contributed by atoms with Crippen LogP contribution in [-0.4, -0.2) is 51.6 Å². The third-order valence-corrected chi connectivity index (χ3v) is 6.89. The Labute approximate surface area is 210 Å². The quantitative estimate of drug-likeness (QED) is 0.446. The molecule has 1 aliphatic heterocycles. The number of rotatable bonds is 7. The molecule has 1 aliphatic carbocycles. The number of hydrogen-bond acceptors (Lipinski definition) is 4. The SMILES string of the molecule is C[C@H](C(=O)NC(C)(C)C)N(Cc1ccc(Cl)c(Cl)c1)C(=O)CCN1C(=O)[C@H]2CC=CC[C@H]2C1=O. The van der Waals surface area contributed by atoms with Crippen LogP contribution in [0.4, 0.5) is 0 Å². The van der Waals surface area contributed by atoms with Gasteiger partial charge in [0, 0.05) is 25.0 Å². The van der Waals surface area contributed by atoms with Crippen molar-refractivity contribution in [3.63, 3.8) is 0 Å². The average molecular weight is 508 g/mol. The van der Waals surface area contributed by atoms with Crippen molar-refractivity contribution in [3.8, 4) is 0 Å². The summed E-state index contributed by atoms with van der Waals surface area (Å²) in [4.78, 5) is 54.3. The zero-order valence-electron chi connectivity index (χ0n) is 19.9. The Bertz CT molecular complexity index is 992. The maximum Gasteiger partial charge on any atom is 0.242 e. The fraction of sp³-hybridized carbons (Fsp3) is 0.520. The molecule has 0 saturated carbocycles. The molecule has 0 aromatic heterocycles. The molecule has 2 aliphatic rings. The van der Waals surface area contributed by atoms with E-state index in [9.17, 15) is 19.2 Å². The molecule has 3 rings (SSSR count). The number of fused-ring (bicyclic) bond motifs is 1. The lowest BCUT2D eigenvalue weighted by Crippen LogP contribution is -2.52. The lowest BCUT2D eigenvalue weighted by Gasteiger charge is -2.32. The predicted octanol–water partition coefficient (Wildman–Crippen LogP) is 3.97. The first-order chi connectivity index (χ1) is 15.9. The smallest absolute Gasteiger partial charge is 0.242 e. The van der Waals surface area contributed by atoms with Crippen molar-refractivity contribution in [1.82, 2.24) is 15.1 Å². The molecule has 1 aromatic carbocycles. The number of carbonyl (C=O) groups is 4. The number of nitrogens with one attached hydrogen (secondary N) is 1. The van der Waals surface area contributed by atoms with E-state index >= 15 is 0 Å². The summed E-state index contributed by atoms with van der Waals surface area (Å²) in [6.45, 7) is 7.37. The molecule has 1 fully saturated rings. The second-order valence-corrected chi connectivity index (χ2v) is 10.7. The molecule has 7 nitrogen and oxygen atoms in total. The van der Waals surface area contributed by atoms with Crippen molar-refractivity contribution < 1.29 is 19.2 Å². The first-order valence-electron chi connectivity index (χ1n) is 11.4. The zero-order valence-corrected chi connectivity index (χ0v) is 21.4. The second kappa shape index (κ2) is 10.5. The Kier molecular flexibility index (Phi) is 8.09. The van der Waals surface area contributed by atoms with Gasteiger partial charge in [-0.3, -0.25) is 24.1 Å². The van der Waals surface area contributed by atoms with Gasteiger partial charge in [0.1, 0.15) is 6.04 Å². The summed E-state index contributed by atoms with van der Waals surface area (Å²) in [7, 11) is 0. The molecule has 1 N–H and O–H groups in total. The monoisotopic (exact) mass is 507 g/mol. The van der Waals surface area contributed by atoms with Gasteiger partial charge < -0.3 is 10.2 Å². The normalized spacial score (nSPS) is 20.8. The number of hydrogen-bond donors (Lipinski definition) is 1. The molecule has 3 atom stereocenters. The third-order valence-electron chi connectivity index (χ3n) is 6.15. The highest BCUT2D eigenvalue weighted by atomic mass is 35.5. The first-order valence-corrected chi connectivity index (χ1v) is 12.2. The summed E-state index contributed by atoms with van der Waals surface area (Å²) >= 11 is 12.2. The van der Waals surface area contributed by atoms with Gasteiger partial charge in [-0.25, -0.2) is 0 Å². The number of amides is 4. The van der Waals surface area contributed by atoms with Gasteiger partial charge in [0.05, 0.1) is 21.9 Å². The van der Waals surface area contributed by atoms with Crippen LogP contribution in [0.1, 0.15) is 52.5 Å². The van der Waals surface area contributed by atoms with Crippen LogP contribution in [-0.2, 0) is 25.7 Å². The van der Waals surface area contributed by atoms with Gasteiger partial charge in [-0.05, 0) is 58.2 Å². The van der Waals surface area contributed by atoms with Crippen LogP contribution < -0.4 is 5.32 Å². The topological polar surface area (TPSA) is 86.8 Å². The Balaban J connectivity index is 1.75. The minimum atomic E-state index is -0.780. The van der Waals surface area contributed by atoms with E-state index in [1.807, 2.05) is 32.9 Å². The van der Waals surface area contributed by atoms with E-state index in [0.717, 1.165) is 0 Å². The molecule has 4 amide bonds. The number of benzene rings is 1. The van der Waals surface area contributed by atoms with Gasteiger partial charge >= 0.3 is 0 Å². The van der Waals surface area contributed by atoms with Gasteiger partial charge in [-0.1, -0.05) is 41.4 Å². The largest absolute Gasteiger partial charge is 0.350 e. The maximum atomic E-state index is 13.3.